The van der Waals surface area contributed by atoms with Gasteiger partial charge in [0.1, 0.15) is 11.5 Å². The van der Waals surface area contributed by atoms with Crippen LogP contribution in [0.2, 0.25) is 0 Å². The standard InChI is InChI=1S/C20H27BO3/c1-2-3-4-5-6-8-11-18-14-16-20(17-15-18)24-21(22)23-19-12-9-7-10-13-19/h7,9-10,12-17,22H,2-6,8,11H2,1H3. The number of para-hydroxylation sites is 1. The molecule has 0 radical (unpaired) electrons. The first kappa shape index (κ1) is 18.4. The van der Waals surface area contributed by atoms with Crippen LogP contribution >= 0.6 is 0 Å². The fourth-order valence-corrected chi connectivity index (χ4v) is 2.60. The van der Waals surface area contributed by atoms with E-state index < -0.39 is 7.32 Å². The third-order valence-electron chi connectivity index (χ3n) is 3.96. The molecule has 0 aromatic heterocycles. The van der Waals surface area contributed by atoms with E-state index in [-0.39, 0.29) is 0 Å². The SMILES string of the molecule is CCCCCCCCc1ccc(OB(O)Oc2ccccc2)cc1. The van der Waals surface area contributed by atoms with Crippen molar-refractivity contribution in [2.45, 2.75) is 51.9 Å². The zero-order valence-electron chi connectivity index (χ0n) is 14.5. The molecule has 1 N–H and O–H groups in total. The highest BCUT2D eigenvalue weighted by atomic mass is 16.7. The molecule has 0 unspecified atom stereocenters. The molecule has 0 aliphatic rings. The highest BCUT2D eigenvalue weighted by Crippen LogP contribution is 2.16. The van der Waals surface area contributed by atoms with Gasteiger partial charge in [0, 0.05) is 0 Å². The van der Waals surface area contributed by atoms with Gasteiger partial charge in [-0.3, -0.25) is 0 Å². The largest absolute Gasteiger partial charge is 0.785 e. The lowest BCUT2D eigenvalue weighted by molar-refractivity contribution is 0.298. The van der Waals surface area contributed by atoms with E-state index in [4.69, 9.17) is 9.31 Å². The summed E-state index contributed by atoms with van der Waals surface area (Å²) in [6.45, 7) is 2.24. The quantitative estimate of drug-likeness (QED) is 0.465. The van der Waals surface area contributed by atoms with Gasteiger partial charge in [-0.2, -0.15) is 0 Å². The molecule has 0 heterocycles. The Morgan fingerprint density at radius 1 is 0.750 bits per heavy atom. The Labute approximate surface area is 145 Å². The summed E-state index contributed by atoms with van der Waals surface area (Å²) in [7, 11) is -1.31. The Morgan fingerprint density at radius 2 is 1.33 bits per heavy atom. The lowest BCUT2D eigenvalue weighted by atomic mass is 10.0. The van der Waals surface area contributed by atoms with Gasteiger partial charge < -0.3 is 14.3 Å². The van der Waals surface area contributed by atoms with Gasteiger partial charge in [0.15, 0.2) is 0 Å². The van der Waals surface area contributed by atoms with E-state index in [2.05, 4.69) is 19.1 Å². The van der Waals surface area contributed by atoms with E-state index >= 15 is 0 Å². The zero-order chi connectivity index (χ0) is 17.0. The maximum Gasteiger partial charge on any atom is 0.785 e. The molecule has 0 bridgehead atoms. The normalized spacial score (nSPS) is 10.4. The van der Waals surface area contributed by atoms with Crippen LogP contribution in [0.15, 0.2) is 54.6 Å². The second-order valence-electron chi connectivity index (χ2n) is 6.02. The molecular weight excluding hydrogens is 299 g/mol. The second-order valence-corrected chi connectivity index (χ2v) is 6.02. The summed E-state index contributed by atoms with van der Waals surface area (Å²) in [6, 6.07) is 17.0. The van der Waals surface area contributed by atoms with E-state index in [1.165, 1.54) is 44.1 Å². The highest BCUT2D eigenvalue weighted by Gasteiger charge is 2.20. The van der Waals surface area contributed by atoms with Gasteiger partial charge in [-0.15, -0.1) is 0 Å². The topological polar surface area (TPSA) is 38.7 Å². The smallest absolute Gasteiger partial charge is 0.501 e. The van der Waals surface area contributed by atoms with Crippen LogP contribution < -0.4 is 9.31 Å². The van der Waals surface area contributed by atoms with Crippen LogP contribution in [0.1, 0.15) is 51.0 Å². The van der Waals surface area contributed by atoms with E-state index in [9.17, 15) is 5.02 Å². The maximum atomic E-state index is 9.83. The first-order valence-corrected chi connectivity index (χ1v) is 8.93. The highest BCUT2D eigenvalue weighted by molar-refractivity contribution is 6.36. The number of benzene rings is 2. The van der Waals surface area contributed by atoms with Gasteiger partial charge in [-0.1, -0.05) is 69.4 Å². The van der Waals surface area contributed by atoms with E-state index in [0.29, 0.717) is 11.5 Å². The Kier molecular flexibility index (Phi) is 8.26. The minimum atomic E-state index is -1.31. The molecule has 3 nitrogen and oxygen atoms in total. The molecule has 0 aliphatic carbocycles. The van der Waals surface area contributed by atoms with Crippen molar-refractivity contribution in [3.63, 3.8) is 0 Å². The summed E-state index contributed by atoms with van der Waals surface area (Å²) in [5.41, 5.74) is 1.30. The van der Waals surface area contributed by atoms with Gasteiger partial charge in [0.05, 0.1) is 0 Å². The van der Waals surface area contributed by atoms with Gasteiger partial charge in [0.2, 0.25) is 0 Å². The van der Waals surface area contributed by atoms with Crippen molar-refractivity contribution in [1.82, 2.24) is 0 Å². The fourth-order valence-electron chi connectivity index (χ4n) is 2.60. The number of rotatable bonds is 11. The molecule has 0 saturated heterocycles. The monoisotopic (exact) mass is 326 g/mol. The van der Waals surface area contributed by atoms with Crippen molar-refractivity contribution in [1.29, 1.82) is 0 Å². The predicted molar refractivity (Wildman–Crippen MR) is 99.2 cm³/mol. The van der Waals surface area contributed by atoms with Crippen LogP contribution in [0.4, 0.5) is 0 Å². The van der Waals surface area contributed by atoms with E-state index in [1.807, 2.05) is 30.3 Å². The van der Waals surface area contributed by atoms with Crippen LogP contribution in [0.5, 0.6) is 11.5 Å². The third-order valence-corrected chi connectivity index (χ3v) is 3.96. The Hall–Kier alpha value is -1.94. The number of unbranched alkanes of at least 4 members (excludes halogenated alkanes) is 5. The van der Waals surface area contributed by atoms with Crippen molar-refractivity contribution in [3.05, 3.63) is 60.2 Å². The number of hydrogen-bond acceptors (Lipinski definition) is 3. The summed E-state index contributed by atoms with van der Waals surface area (Å²) in [6.07, 6.45) is 8.93. The van der Waals surface area contributed by atoms with Crippen LogP contribution in [0.3, 0.4) is 0 Å². The molecule has 2 aromatic rings. The molecule has 0 spiro atoms. The summed E-state index contributed by atoms with van der Waals surface area (Å²) in [5, 5.41) is 9.83. The molecule has 2 aromatic carbocycles. The van der Waals surface area contributed by atoms with Crippen LogP contribution in [0.25, 0.3) is 0 Å². The van der Waals surface area contributed by atoms with Crippen LogP contribution in [-0.4, -0.2) is 12.3 Å². The minimum Gasteiger partial charge on any atom is -0.501 e. The summed E-state index contributed by atoms with van der Waals surface area (Å²) in [5.74, 6) is 1.18. The maximum absolute atomic E-state index is 9.83. The predicted octanol–water partition coefficient (Wildman–Crippen LogP) is 5.02. The molecule has 2 rings (SSSR count). The molecule has 0 saturated carbocycles. The lowest BCUT2D eigenvalue weighted by Crippen LogP contribution is -2.29. The average molecular weight is 326 g/mol. The number of hydrogen-bond donors (Lipinski definition) is 1. The van der Waals surface area contributed by atoms with Crippen LogP contribution in [-0.2, 0) is 6.42 Å². The third kappa shape index (κ3) is 7.09. The van der Waals surface area contributed by atoms with E-state index in [1.54, 1.807) is 12.1 Å². The van der Waals surface area contributed by atoms with Gasteiger partial charge >= 0.3 is 7.32 Å². The Bertz CT molecular complexity index is 557. The zero-order valence-corrected chi connectivity index (χ0v) is 14.5. The molecule has 128 valence electrons. The molecular formula is C20H27BO3. The molecule has 0 aliphatic heterocycles. The molecule has 0 fully saturated rings. The Balaban J connectivity index is 1.69. The average Bonchev–Trinajstić information content (AvgIpc) is 2.60. The summed E-state index contributed by atoms with van der Waals surface area (Å²) >= 11 is 0. The first-order valence-electron chi connectivity index (χ1n) is 8.93. The van der Waals surface area contributed by atoms with Crippen LogP contribution in [0, 0.1) is 0 Å². The van der Waals surface area contributed by atoms with Crippen molar-refractivity contribution >= 4 is 7.32 Å². The van der Waals surface area contributed by atoms with Crippen molar-refractivity contribution in [2.75, 3.05) is 0 Å². The molecule has 0 amide bonds. The molecule has 24 heavy (non-hydrogen) atoms. The van der Waals surface area contributed by atoms with E-state index in [0.717, 1.165) is 6.42 Å². The van der Waals surface area contributed by atoms with Gasteiger partial charge in [-0.05, 0) is 42.7 Å². The lowest BCUT2D eigenvalue weighted by Gasteiger charge is -2.11. The molecule has 4 heteroatoms. The first-order chi connectivity index (χ1) is 11.8. The fraction of sp³-hybridized carbons (Fsp3) is 0.400. The van der Waals surface area contributed by atoms with Gasteiger partial charge in [0.25, 0.3) is 0 Å². The van der Waals surface area contributed by atoms with Crippen molar-refractivity contribution < 1.29 is 14.3 Å². The number of aryl methyl sites for hydroxylation is 1. The van der Waals surface area contributed by atoms with Gasteiger partial charge in [-0.25, -0.2) is 0 Å². The Morgan fingerprint density at radius 3 is 2.00 bits per heavy atom. The molecule has 0 atom stereocenters. The summed E-state index contributed by atoms with van der Waals surface area (Å²) in [4.78, 5) is 0. The summed E-state index contributed by atoms with van der Waals surface area (Å²) < 4.78 is 10.7. The second kappa shape index (κ2) is 10.8. The van der Waals surface area contributed by atoms with Crippen molar-refractivity contribution in [3.8, 4) is 11.5 Å². The minimum absolute atomic E-state index is 0.574. The van der Waals surface area contributed by atoms with Crippen molar-refractivity contribution in [2.24, 2.45) is 0 Å².